The molecule has 4 heteroatoms. The van der Waals surface area contributed by atoms with Crippen molar-refractivity contribution < 1.29 is 8.42 Å². The zero-order valence-electron chi connectivity index (χ0n) is 11.8. The second-order valence-corrected chi connectivity index (χ2v) is 9.27. The molecule has 0 bridgehead atoms. The summed E-state index contributed by atoms with van der Waals surface area (Å²) < 4.78 is 23.2. The van der Waals surface area contributed by atoms with Crippen molar-refractivity contribution in [2.24, 2.45) is 11.8 Å². The normalized spacial score (nSPS) is 30.8. The van der Waals surface area contributed by atoms with Gasteiger partial charge in [0.15, 0.2) is 9.84 Å². The summed E-state index contributed by atoms with van der Waals surface area (Å²) in [6, 6.07) is 0.500. The van der Waals surface area contributed by atoms with Gasteiger partial charge < -0.3 is 5.32 Å². The van der Waals surface area contributed by atoms with Crippen LogP contribution in [0.1, 0.15) is 47.5 Å². The van der Waals surface area contributed by atoms with Crippen molar-refractivity contribution in [3.8, 4) is 0 Å². The van der Waals surface area contributed by atoms with Crippen molar-refractivity contribution in [3.63, 3.8) is 0 Å². The first-order valence-corrected chi connectivity index (χ1v) is 8.26. The van der Waals surface area contributed by atoms with Gasteiger partial charge in [-0.2, -0.15) is 0 Å². The molecule has 0 aromatic rings. The fourth-order valence-corrected chi connectivity index (χ4v) is 3.34. The van der Waals surface area contributed by atoms with Crippen LogP contribution >= 0.6 is 0 Å². The van der Waals surface area contributed by atoms with E-state index >= 15 is 0 Å². The maximum atomic E-state index is 11.9. The highest BCUT2D eigenvalue weighted by molar-refractivity contribution is 7.92. The minimum atomic E-state index is -2.98. The Balaban J connectivity index is 2.39. The average Bonchev–Trinajstić information content (AvgIpc) is 2.47. The van der Waals surface area contributed by atoms with Crippen molar-refractivity contribution in [2.75, 3.05) is 12.3 Å². The lowest BCUT2D eigenvalue weighted by Gasteiger charge is -2.22. The summed E-state index contributed by atoms with van der Waals surface area (Å²) in [5.41, 5.74) is 0. The van der Waals surface area contributed by atoms with E-state index < -0.39 is 14.6 Å². The maximum absolute atomic E-state index is 11.9. The van der Waals surface area contributed by atoms with Gasteiger partial charge in [0, 0.05) is 12.6 Å². The van der Waals surface area contributed by atoms with Gasteiger partial charge in [0.2, 0.25) is 0 Å². The van der Waals surface area contributed by atoms with Gasteiger partial charge >= 0.3 is 0 Å². The molecule has 0 spiro atoms. The zero-order valence-corrected chi connectivity index (χ0v) is 12.6. The van der Waals surface area contributed by atoms with E-state index in [4.69, 9.17) is 0 Å². The molecule has 3 nitrogen and oxygen atoms in total. The van der Waals surface area contributed by atoms with Gasteiger partial charge in [0.1, 0.15) is 0 Å². The van der Waals surface area contributed by atoms with Crippen LogP contribution in [-0.2, 0) is 9.84 Å². The van der Waals surface area contributed by atoms with Gasteiger partial charge in [-0.15, -0.1) is 0 Å². The predicted molar refractivity (Wildman–Crippen MR) is 72.9 cm³/mol. The Morgan fingerprint density at radius 2 is 1.76 bits per heavy atom. The van der Waals surface area contributed by atoms with Crippen LogP contribution in [0.2, 0.25) is 0 Å². The third-order valence-electron chi connectivity index (χ3n) is 4.18. The highest BCUT2D eigenvalue weighted by Crippen LogP contribution is 2.30. The number of hydrogen-bond donors (Lipinski definition) is 1. The molecule has 17 heavy (non-hydrogen) atoms. The molecule has 1 rings (SSSR count). The molecule has 3 unspecified atom stereocenters. The van der Waals surface area contributed by atoms with Gasteiger partial charge in [0.05, 0.1) is 10.5 Å². The van der Waals surface area contributed by atoms with Crippen molar-refractivity contribution in [1.29, 1.82) is 0 Å². The molecule has 0 heterocycles. The van der Waals surface area contributed by atoms with Crippen molar-refractivity contribution in [3.05, 3.63) is 0 Å². The smallest absolute Gasteiger partial charge is 0.156 e. The number of sulfone groups is 1. The molecule has 1 aliphatic carbocycles. The molecule has 0 amide bonds. The van der Waals surface area contributed by atoms with E-state index in [0.717, 1.165) is 5.92 Å². The van der Waals surface area contributed by atoms with Gasteiger partial charge in [0.25, 0.3) is 0 Å². The molecule has 0 aromatic carbocycles. The van der Waals surface area contributed by atoms with Crippen LogP contribution in [-0.4, -0.2) is 31.5 Å². The van der Waals surface area contributed by atoms with E-state index in [0.29, 0.717) is 18.5 Å². The molecule has 1 N–H and O–H groups in total. The minimum absolute atomic E-state index is 0.244. The summed E-state index contributed by atoms with van der Waals surface area (Å²) >= 11 is 0. The Bertz CT molecular complexity index is 343. The Morgan fingerprint density at radius 1 is 1.18 bits per heavy atom. The molecular formula is C13H27NO2S. The highest BCUT2D eigenvalue weighted by atomic mass is 32.2. The first kappa shape index (κ1) is 15.0. The van der Waals surface area contributed by atoms with Gasteiger partial charge in [-0.25, -0.2) is 8.42 Å². The van der Waals surface area contributed by atoms with Crippen LogP contribution in [0.3, 0.4) is 0 Å². The maximum Gasteiger partial charge on any atom is 0.156 e. The summed E-state index contributed by atoms with van der Waals surface area (Å²) in [6.45, 7) is 10.4. The standard InChI is InChI=1S/C13H27NO2S/c1-10-6-7-12(11(10)2)14-8-9-17(15,16)13(3,4)5/h10-12,14H,6-9H2,1-5H3. The van der Waals surface area contributed by atoms with E-state index in [-0.39, 0.29) is 5.75 Å². The van der Waals surface area contributed by atoms with Gasteiger partial charge in [-0.05, 0) is 45.4 Å². The second-order valence-electron chi connectivity index (χ2n) is 6.41. The van der Waals surface area contributed by atoms with Crippen LogP contribution < -0.4 is 5.32 Å². The molecule has 0 radical (unpaired) electrons. The monoisotopic (exact) mass is 261 g/mol. The summed E-state index contributed by atoms with van der Waals surface area (Å²) in [5, 5.41) is 3.41. The van der Waals surface area contributed by atoms with E-state index in [2.05, 4.69) is 19.2 Å². The van der Waals surface area contributed by atoms with E-state index in [1.165, 1.54) is 12.8 Å². The van der Waals surface area contributed by atoms with Crippen LogP contribution in [0.5, 0.6) is 0 Å². The average molecular weight is 261 g/mol. The van der Waals surface area contributed by atoms with Crippen LogP contribution in [0, 0.1) is 11.8 Å². The predicted octanol–water partition coefficient (Wildman–Crippen LogP) is 2.22. The lowest BCUT2D eigenvalue weighted by Crippen LogP contribution is -2.39. The van der Waals surface area contributed by atoms with Crippen LogP contribution in [0.25, 0.3) is 0 Å². The molecule has 1 saturated carbocycles. The van der Waals surface area contributed by atoms with E-state index in [1.807, 2.05) is 0 Å². The largest absolute Gasteiger partial charge is 0.313 e. The third-order valence-corrected chi connectivity index (χ3v) is 6.78. The Morgan fingerprint density at radius 3 is 2.18 bits per heavy atom. The molecule has 1 aliphatic rings. The topological polar surface area (TPSA) is 46.2 Å². The molecular weight excluding hydrogens is 234 g/mol. The molecule has 3 atom stereocenters. The van der Waals surface area contributed by atoms with Crippen molar-refractivity contribution in [2.45, 2.75) is 58.2 Å². The van der Waals surface area contributed by atoms with Crippen molar-refractivity contribution >= 4 is 9.84 Å². The Labute approximate surface area is 106 Å². The summed E-state index contributed by atoms with van der Waals surface area (Å²) in [5.74, 6) is 1.66. The lowest BCUT2D eigenvalue weighted by atomic mass is 9.98. The van der Waals surface area contributed by atoms with E-state index in [9.17, 15) is 8.42 Å². The fourth-order valence-electron chi connectivity index (χ4n) is 2.34. The Hall–Kier alpha value is -0.0900. The quantitative estimate of drug-likeness (QED) is 0.844. The molecule has 0 saturated heterocycles. The van der Waals surface area contributed by atoms with Gasteiger partial charge in [-0.3, -0.25) is 0 Å². The lowest BCUT2D eigenvalue weighted by molar-refractivity contribution is 0.376. The zero-order chi connectivity index (χ0) is 13.3. The summed E-state index contributed by atoms with van der Waals surface area (Å²) in [6.07, 6.45) is 2.43. The van der Waals surface area contributed by atoms with Crippen LogP contribution in [0.15, 0.2) is 0 Å². The molecule has 0 aliphatic heterocycles. The Kier molecular flexibility index (Phi) is 4.64. The van der Waals surface area contributed by atoms with Crippen molar-refractivity contribution in [1.82, 2.24) is 5.32 Å². The summed E-state index contributed by atoms with van der Waals surface area (Å²) in [7, 11) is -2.98. The highest BCUT2D eigenvalue weighted by Gasteiger charge is 2.31. The molecule has 1 fully saturated rings. The molecule has 102 valence electrons. The first-order chi connectivity index (χ1) is 7.65. The molecule has 0 aromatic heterocycles. The third kappa shape index (κ3) is 3.68. The van der Waals surface area contributed by atoms with E-state index in [1.54, 1.807) is 20.8 Å². The fraction of sp³-hybridized carbons (Fsp3) is 1.00. The number of nitrogens with one attached hydrogen (secondary N) is 1. The number of rotatable bonds is 4. The SMILES string of the molecule is CC1CCC(NCCS(=O)(=O)C(C)(C)C)C1C. The minimum Gasteiger partial charge on any atom is -0.313 e. The van der Waals surface area contributed by atoms with Gasteiger partial charge in [-0.1, -0.05) is 13.8 Å². The summed E-state index contributed by atoms with van der Waals surface area (Å²) in [4.78, 5) is 0. The number of hydrogen-bond acceptors (Lipinski definition) is 3. The second kappa shape index (κ2) is 5.27. The van der Waals surface area contributed by atoms with Crippen LogP contribution in [0.4, 0.5) is 0 Å². The first-order valence-electron chi connectivity index (χ1n) is 6.61.